The fourth-order valence-electron chi connectivity index (χ4n) is 2.01. The molecule has 1 aliphatic heterocycles. The third-order valence-electron chi connectivity index (χ3n) is 2.72. The predicted molar refractivity (Wildman–Crippen MR) is 57.6 cm³/mol. The van der Waals surface area contributed by atoms with Crippen molar-refractivity contribution in [3.05, 3.63) is 35.4 Å². The lowest BCUT2D eigenvalue weighted by molar-refractivity contribution is 0.281. The lowest BCUT2D eigenvalue weighted by Gasteiger charge is -2.17. The summed E-state index contributed by atoms with van der Waals surface area (Å²) in [5.41, 5.74) is 2.46. The molecule has 0 N–H and O–H groups in total. The van der Waals surface area contributed by atoms with Crippen LogP contribution in [0.4, 0.5) is 4.39 Å². The second-order valence-corrected chi connectivity index (χ2v) is 3.90. The standard InChI is InChI=1S/C12H8FN3O/c1-16-5-9-8-2-7(4-14)3-10(13)12(8)17-6-11(9)15-16/h2-3,5H,6H2,1H3. The van der Waals surface area contributed by atoms with E-state index in [4.69, 9.17) is 10.00 Å². The summed E-state index contributed by atoms with van der Waals surface area (Å²) in [4.78, 5) is 0. The van der Waals surface area contributed by atoms with E-state index in [1.54, 1.807) is 24.0 Å². The Kier molecular flexibility index (Phi) is 1.92. The van der Waals surface area contributed by atoms with Gasteiger partial charge in [-0.05, 0) is 12.1 Å². The minimum Gasteiger partial charge on any atom is -0.483 e. The number of hydrogen-bond acceptors (Lipinski definition) is 3. The minimum absolute atomic E-state index is 0.199. The highest BCUT2D eigenvalue weighted by atomic mass is 19.1. The van der Waals surface area contributed by atoms with Gasteiger partial charge in [-0.3, -0.25) is 4.68 Å². The second-order valence-electron chi connectivity index (χ2n) is 3.90. The molecule has 2 aromatic rings. The molecular weight excluding hydrogens is 221 g/mol. The molecule has 3 rings (SSSR count). The highest BCUT2D eigenvalue weighted by molar-refractivity contribution is 5.75. The molecule has 17 heavy (non-hydrogen) atoms. The Morgan fingerprint density at radius 2 is 2.29 bits per heavy atom. The zero-order valence-electron chi connectivity index (χ0n) is 9.07. The molecule has 84 valence electrons. The van der Waals surface area contributed by atoms with Gasteiger partial charge in [0.1, 0.15) is 12.3 Å². The van der Waals surface area contributed by atoms with E-state index in [0.717, 1.165) is 11.3 Å². The molecule has 1 aliphatic rings. The van der Waals surface area contributed by atoms with E-state index < -0.39 is 5.82 Å². The van der Waals surface area contributed by atoms with Gasteiger partial charge in [0.2, 0.25) is 0 Å². The zero-order chi connectivity index (χ0) is 12.0. The monoisotopic (exact) mass is 229 g/mol. The molecule has 0 atom stereocenters. The van der Waals surface area contributed by atoms with Crippen LogP contribution in [0.1, 0.15) is 11.3 Å². The zero-order valence-corrected chi connectivity index (χ0v) is 9.07. The van der Waals surface area contributed by atoms with Crippen LogP contribution < -0.4 is 4.74 Å². The van der Waals surface area contributed by atoms with Crippen molar-refractivity contribution < 1.29 is 9.13 Å². The molecule has 4 nitrogen and oxygen atoms in total. The number of nitriles is 1. The summed E-state index contributed by atoms with van der Waals surface area (Å²) in [6, 6.07) is 4.74. The summed E-state index contributed by atoms with van der Waals surface area (Å²) in [5, 5.41) is 13.1. The smallest absolute Gasteiger partial charge is 0.167 e. The molecule has 0 radical (unpaired) electrons. The molecule has 0 aliphatic carbocycles. The molecule has 1 aromatic heterocycles. The molecule has 0 fully saturated rings. The second kappa shape index (κ2) is 3.32. The normalized spacial score (nSPS) is 12.3. The molecule has 1 aromatic carbocycles. The molecule has 0 spiro atoms. The molecule has 0 bridgehead atoms. The average Bonchev–Trinajstić information content (AvgIpc) is 2.69. The quantitative estimate of drug-likeness (QED) is 0.694. The fraction of sp³-hybridized carbons (Fsp3) is 0.167. The van der Waals surface area contributed by atoms with Crippen LogP contribution in [0.25, 0.3) is 11.1 Å². The Morgan fingerprint density at radius 3 is 3.06 bits per heavy atom. The molecular formula is C12H8FN3O. The molecule has 0 saturated carbocycles. The average molecular weight is 229 g/mol. The molecule has 5 heteroatoms. The maximum Gasteiger partial charge on any atom is 0.167 e. The summed E-state index contributed by atoms with van der Waals surface area (Å²) in [7, 11) is 1.79. The number of benzene rings is 1. The van der Waals surface area contributed by atoms with Crippen molar-refractivity contribution in [1.82, 2.24) is 9.78 Å². The summed E-state index contributed by atoms with van der Waals surface area (Å²) in [5.74, 6) is -0.307. The first-order chi connectivity index (χ1) is 8.19. The third-order valence-corrected chi connectivity index (χ3v) is 2.72. The van der Waals surface area contributed by atoms with Crippen molar-refractivity contribution >= 4 is 0 Å². The lowest BCUT2D eigenvalue weighted by atomic mass is 10.0. The van der Waals surface area contributed by atoms with Crippen LogP contribution in [0.5, 0.6) is 5.75 Å². The molecule has 0 unspecified atom stereocenters. The van der Waals surface area contributed by atoms with E-state index >= 15 is 0 Å². The van der Waals surface area contributed by atoms with Crippen molar-refractivity contribution in [1.29, 1.82) is 5.26 Å². The summed E-state index contributed by atoms with van der Waals surface area (Å²) in [6.07, 6.45) is 1.80. The number of halogens is 1. The van der Waals surface area contributed by atoms with Crippen LogP contribution in [-0.2, 0) is 13.7 Å². The van der Waals surface area contributed by atoms with Gasteiger partial charge in [-0.25, -0.2) is 4.39 Å². The van der Waals surface area contributed by atoms with E-state index in [1.807, 2.05) is 6.07 Å². The largest absolute Gasteiger partial charge is 0.483 e. The van der Waals surface area contributed by atoms with Crippen molar-refractivity contribution in [3.8, 4) is 22.9 Å². The Bertz CT molecular complexity index is 655. The molecule has 0 amide bonds. The number of ether oxygens (including phenoxy) is 1. The fourth-order valence-corrected chi connectivity index (χ4v) is 2.01. The van der Waals surface area contributed by atoms with Gasteiger partial charge in [0.05, 0.1) is 11.6 Å². The van der Waals surface area contributed by atoms with Crippen molar-refractivity contribution in [2.45, 2.75) is 6.61 Å². The van der Waals surface area contributed by atoms with Gasteiger partial charge in [0, 0.05) is 24.4 Å². The summed E-state index contributed by atoms with van der Waals surface area (Å²) in [6.45, 7) is 0.256. The maximum absolute atomic E-state index is 13.7. The van der Waals surface area contributed by atoms with Gasteiger partial charge >= 0.3 is 0 Å². The van der Waals surface area contributed by atoms with E-state index in [-0.39, 0.29) is 17.9 Å². The van der Waals surface area contributed by atoms with Gasteiger partial charge in [0.15, 0.2) is 11.6 Å². The maximum atomic E-state index is 13.7. The number of rotatable bonds is 0. The summed E-state index contributed by atoms with van der Waals surface area (Å²) < 4.78 is 20.7. The van der Waals surface area contributed by atoms with Crippen LogP contribution in [0, 0.1) is 17.1 Å². The first kappa shape index (κ1) is 9.85. The van der Waals surface area contributed by atoms with Gasteiger partial charge in [-0.1, -0.05) is 0 Å². The Balaban J connectivity index is 2.31. The van der Waals surface area contributed by atoms with Gasteiger partial charge < -0.3 is 4.74 Å². The van der Waals surface area contributed by atoms with Crippen LogP contribution in [0.2, 0.25) is 0 Å². The SMILES string of the molecule is Cn1cc2c(n1)COc1c(F)cc(C#N)cc1-2. The number of fused-ring (bicyclic) bond motifs is 3. The van der Waals surface area contributed by atoms with Crippen LogP contribution in [0.15, 0.2) is 18.3 Å². The van der Waals surface area contributed by atoms with E-state index in [0.29, 0.717) is 5.56 Å². The van der Waals surface area contributed by atoms with E-state index in [1.165, 1.54) is 6.07 Å². The summed E-state index contributed by atoms with van der Waals surface area (Å²) >= 11 is 0. The first-order valence-electron chi connectivity index (χ1n) is 5.08. The number of hydrogen-bond donors (Lipinski definition) is 0. The first-order valence-corrected chi connectivity index (χ1v) is 5.08. The van der Waals surface area contributed by atoms with E-state index in [2.05, 4.69) is 5.10 Å². The van der Waals surface area contributed by atoms with Crippen molar-refractivity contribution in [2.75, 3.05) is 0 Å². The van der Waals surface area contributed by atoms with Crippen LogP contribution in [-0.4, -0.2) is 9.78 Å². The minimum atomic E-state index is -0.506. The molecule has 2 heterocycles. The molecule has 0 saturated heterocycles. The Hall–Kier alpha value is -2.35. The topological polar surface area (TPSA) is 50.8 Å². The van der Waals surface area contributed by atoms with Crippen LogP contribution in [0.3, 0.4) is 0 Å². The highest BCUT2D eigenvalue weighted by Gasteiger charge is 2.23. The number of nitrogens with zero attached hydrogens (tertiary/aromatic N) is 3. The highest BCUT2D eigenvalue weighted by Crippen LogP contribution is 2.39. The van der Waals surface area contributed by atoms with Gasteiger partial charge in [0.25, 0.3) is 0 Å². The van der Waals surface area contributed by atoms with Crippen LogP contribution >= 0.6 is 0 Å². The predicted octanol–water partition coefficient (Wildman–Crippen LogP) is 1.99. The Labute approximate surface area is 96.9 Å². The van der Waals surface area contributed by atoms with E-state index in [9.17, 15) is 4.39 Å². The Morgan fingerprint density at radius 1 is 1.47 bits per heavy atom. The van der Waals surface area contributed by atoms with Gasteiger partial charge in [-0.15, -0.1) is 0 Å². The number of aryl methyl sites for hydroxylation is 1. The lowest BCUT2D eigenvalue weighted by Crippen LogP contribution is -2.07. The van der Waals surface area contributed by atoms with Crippen molar-refractivity contribution in [3.63, 3.8) is 0 Å². The van der Waals surface area contributed by atoms with Crippen molar-refractivity contribution in [2.24, 2.45) is 7.05 Å². The van der Waals surface area contributed by atoms with Gasteiger partial charge in [-0.2, -0.15) is 10.4 Å². The number of aromatic nitrogens is 2. The third kappa shape index (κ3) is 1.38.